The summed E-state index contributed by atoms with van der Waals surface area (Å²) in [4.78, 5) is 35.8. The van der Waals surface area contributed by atoms with Gasteiger partial charge in [-0.2, -0.15) is 0 Å². The van der Waals surface area contributed by atoms with Crippen LogP contribution in [-0.2, 0) is 19.1 Å². The third-order valence-electron chi connectivity index (χ3n) is 5.39. The Hall–Kier alpha value is -1.43. The monoisotopic (exact) mass is 414 g/mol. The van der Waals surface area contributed by atoms with Gasteiger partial charge >= 0.3 is 0 Å². The van der Waals surface area contributed by atoms with Crippen LogP contribution < -0.4 is 10.6 Å². The summed E-state index contributed by atoms with van der Waals surface area (Å²) >= 11 is 0. The molecule has 0 aromatic carbocycles. The Kier molecular flexibility index (Phi) is 12.8. The van der Waals surface area contributed by atoms with Gasteiger partial charge in [-0.25, -0.2) is 0 Å². The maximum Gasteiger partial charge on any atom is 0.220 e. The first-order valence-corrected chi connectivity index (χ1v) is 11.4. The molecule has 1 aliphatic rings. The molecule has 0 atom stereocenters. The Morgan fingerprint density at radius 3 is 2.24 bits per heavy atom. The van der Waals surface area contributed by atoms with Crippen molar-refractivity contribution in [1.29, 1.82) is 0 Å². The molecule has 1 fully saturated rings. The van der Waals surface area contributed by atoms with Gasteiger partial charge in [-0.1, -0.05) is 27.7 Å². The van der Waals surface area contributed by atoms with Crippen LogP contribution in [0, 0.1) is 17.8 Å². The van der Waals surface area contributed by atoms with E-state index in [-0.39, 0.29) is 26.6 Å². The molecule has 1 rings (SSSR count). The Balaban J connectivity index is 0. The SMILES string of the molecule is CC(C)COCCCNC(=O)CCCC(=O)NC1CCC(CC(=O)C(C)C)CC1.[HH].[HH]. The van der Waals surface area contributed by atoms with E-state index in [1.807, 2.05) is 13.8 Å². The van der Waals surface area contributed by atoms with E-state index in [2.05, 4.69) is 24.5 Å². The van der Waals surface area contributed by atoms with Gasteiger partial charge in [-0.15, -0.1) is 0 Å². The Bertz CT molecular complexity index is 508. The predicted octanol–water partition coefficient (Wildman–Crippen LogP) is 4.12. The average molecular weight is 415 g/mol. The minimum absolute atomic E-state index is 0. The second kappa shape index (κ2) is 14.5. The number of nitrogens with one attached hydrogen (secondary N) is 2. The number of Topliss-reactive ketones (excluding diaryl/α,β-unsaturated/α-hetero) is 1. The van der Waals surface area contributed by atoms with Crippen molar-refractivity contribution in [3.05, 3.63) is 0 Å². The molecule has 0 saturated heterocycles. The van der Waals surface area contributed by atoms with E-state index in [0.717, 1.165) is 38.7 Å². The molecular formula is C23H46N2O4. The highest BCUT2D eigenvalue weighted by Gasteiger charge is 2.24. The average Bonchev–Trinajstić information content (AvgIpc) is 2.65. The van der Waals surface area contributed by atoms with E-state index in [0.29, 0.717) is 56.5 Å². The predicted molar refractivity (Wildman–Crippen MR) is 120 cm³/mol. The third-order valence-corrected chi connectivity index (χ3v) is 5.39. The zero-order valence-electron chi connectivity index (χ0n) is 18.9. The minimum atomic E-state index is -0.00279. The van der Waals surface area contributed by atoms with Crippen molar-refractivity contribution in [2.45, 2.75) is 91.5 Å². The number of carbonyl (C=O) groups is 3. The van der Waals surface area contributed by atoms with Crippen LogP contribution in [0.3, 0.4) is 0 Å². The summed E-state index contributed by atoms with van der Waals surface area (Å²) in [5.41, 5.74) is 0. The number of carbonyl (C=O) groups excluding carboxylic acids is 3. The summed E-state index contributed by atoms with van der Waals surface area (Å²) in [7, 11) is 0. The van der Waals surface area contributed by atoms with Gasteiger partial charge in [0.15, 0.2) is 0 Å². The lowest BCUT2D eigenvalue weighted by molar-refractivity contribution is -0.124. The van der Waals surface area contributed by atoms with Crippen molar-refractivity contribution in [3.8, 4) is 0 Å². The molecule has 172 valence electrons. The summed E-state index contributed by atoms with van der Waals surface area (Å²) in [6.07, 6.45) is 6.73. The van der Waals surface area contributed by atoms with Crippen molar-refractivity contribution in [3.63, 3.8) is 0 Å². The maximum absolute atomic E-state index is 12.1. The molecule has 2 amide bonds. The maximum atomic E-state index is 12.1. The minimum Gasteiger partial charge on any atom is -0.381 e. The van der Waals surface area contributed by atoms with E-state index in [9.17, 15) is 14.4 Å². The summed E-state index contributed by atoms with van der Waals surface area (Å²) in [5, 5.41) is 5.97. The highest BCUT2D eigenvalue weighted by Crippen LogP contribution is 2.28. The second-order valence-corrected chi connectivity index (χ2v) is 9.14. The van der Waals surface area contributed by atoms with Gasteiger partial charge in [0.2, 0.25) is 11.8 Å². The van der Waals surface area contributed by atoms with Crippen molar-refractivity contribution in [1.82, 2.24) is 10.6 Å². The van der Waals surface area contributed by atoms with Gasteiger partial charge in [0.1, 0.15) is 5.78 Å². The molecule has 2 N–H and O–H groups in total. The van der Waals surface area contributed by atoms with E-state index >= 15 is 0 Å². The van der Waals surface area contributed by atoms with E-state index in [1.54, 1.807) is 0 Å². The van der Waals surface area contributed by atoms with E-state index in [4.69, 9.17) is 4.74 Å². The molecule has 0 aromatic heterocycles. The lowest BCUT2D eigenvalue weighted by Crippen LogP contribution is -2.38. The van der Waals surface area contributed by atoms with Gasteiger partial charge in [0.05, 0.1) is 0 Å². The van der Waals surface area contributed by atoms with Crippen molar-refractivity contribution in [2.24, 2.45) is 17.8 Å². The molecule has 0 spiro atoms. The van der Waals surface area contributed by atoms with Gasteiger partial charge in [-0.3, -0.25) is 14.4 Å². The number of hydrogen-bond acceptors (Lipinski definition) is 4. The summed E-state index contributed by atoms with van der Waals surface area (Å²) in [5.74, 6) is 1.48. The molecule has 6 heteroatoms. The van der Waals surface area contributed by atoms with Crippen molar-refractivity contribution < 1.29 is 22.0 Å². The zero-order valence-corrected chi connectivity index (χ0v) is 18.9. The Labute approximate surface area is 179 Å². The first-order chi connectivity index (χ1) is 13.8. The van der Waals surface area contributed by atoms with Crippen LogP contribution in [0.1, 0.15) is 88.3 Å². The van der Waals surface area contributed by atoms with Crippen LogP contribution in [-0.4, -0.2) is 43.4 Å². The van der Waals surface area contributed by atoms with Crippen LogP contribution in [0.4, 0.5) is 0 Å². The molecule has 0 aromatic rings. The van der Waals surface area contributed by atoms with Crippen LogP contribution in [0.2, 0.25) is 0 Å². The van der Waals surface area contributed by atoms with Crippen molar-refractivity contribution >= 4 is 17.6 Å². The first-order valence-electron chi connectivity index (χ1n) is 11.4. The second-order valence-electron chi connectivity index (χ2n) is 9.14. The van der Waals surface area contributed by atoms with Crippen molar-refractivity contribution in [2.75, 3.05) is 19.8 Å². The van der Waals surface area contributed by atoms with E-state index < -0.39 is 0 Å². The molecule has 0 aliphatic heterocycles. The van der Waals surface area contributed by atoms with Crippen LogP contribution in [0.15, 0.2) is 0 Å². The van der Waals surface area contributed by atoms with Crippen LogP contribution in [0.5, 0.6) is 0 Å². The summed E-state index contributed by atoms with van der Waals surface area (Å²) < 4.78 is 5.48. The summed E-state index contributed by atoms with van der Waals surface area (Å²) in [6, 6.07) is 0.215. The topological polar surface area (TPSA) is 84.5 Å². The largest absolute Gasteiger partial charge is 0.381 e. The van der Waals surface area contributed by atoms with Gasteiger partial charge in [0, 0.05) is 53.8 Å². The molecule has 0 unspecified atom stereocenters. The molecule has 0 bridgehead atoms. The molecule has 0 heterocycles. The molecule has 1 aliphatic carbocycles. The smallest absolute Gasteiger partial charge is 0.220 e. The fraction of sp³-hybridized carbons (Fsp3) is 0.870. The van der Waals surface area contributed by atoms with Gasteiger partial charge in [0.25, 0.3) is 0 Å². The van der Waals surface area contributed by atoms with Gasteiger partial charge in [-0.05, 0) is 50.4 Å². The number of ketones is 1. The standard InChI is InChI=1S/C23H42N2O4.2H2/c1-17(2)16-29-14-6-13-24-22(27)7-5-8-23(28)25-20-11-9-19(10-12-20)15-21(26)18(3)4;;/h17-20H,5-16H2,1-4H3,(H,24,27)(H,25,28);2*1H. The highest BCUT2D eigenvalue weighted by atomic mass is 16.5. The number of ether oxygens (including phenoxy) is 1. The molecular weight excluding hydrogens is 368 g/mol. The zero-order chi connectivity index (χ0) is 21.6. The quantitative estimate of drug-likeness (QED) is 0.419. The Morgan fingerprint density at radius 2 is 1.62 bits per heavy atom. The fourth-order valence-corrected chi connectivity index (χ4v) is 3.55. The molecule has 6 nitrogen and oxygen atoms in total. The first kappa shape index (κ1) is 25.6. The number of rotatable bonds is 14. The number of amides is 2. The molecule has 29 heavy (non-hydrogen) atoms. The third kappa shape index (κ3) is 12.7. The Morgan fingerprint density at radius 1 is 0.966 bits per heavy atom. The highest BCUT2D eigenvalue weighted by molar-refractivity contribution is 5.80. The lowest BCUT2D eigenvalue weighted by atomic mass is 9.82. The molecule has 1 saturated carbocycles. The lowest BCUT2D eigenvalue weighted by Gasteiger charge is -2.29. The van der Waals surface area contributed by atoms with Crippen LogP contribution in [0.25, 0.3) is 0 Å². The normalized spacial score (nSPS) is 19.4. The van der Waals surface area contributed by atoms with E-state index in [1.165, 1.54) is 0 Å². The fourth-order valence-electron chi connectivity index (χ4n) is 3.55. The summed E-state index contributed by atoms with van der Waals surface area (Å²) in [6.45, 7) is 10.2. The number of hydrogen-bond donors (Lipinski definition) is 2. The molecule has 0 radical (unpaired) electrons. The van der Waals surface area contributed by atoms with Crippen LogP contribution >= 0.6 is 0 Å². The van der Waals surface area contributed by atoms with Gasteiger partial charge < -0.3 is 15.4 Å².